The SMILES string of the molecule is CCCC(NC(=O)[C@@H]1CC(C)(C)CN1C(=O)[C@@H](NC(=O)O[C@@H](C)C(C)C)C(C)(C)C)C(=O)C(=O)NCC(=O)N[C@H](C(=O)N(C)C)c1ccccc1. The van der Waals surface area contributed by atoms with E-state index in [1.165, 1.54) is 9.80 Å². The van der Waals surface area contributed by atoms with E-state index in [0.717, 1.165) is 0 Å². The lowest BCUT2D eigenvalue weighted by atomic mass is 9.85. The van der Waals surface area contributed by atoms with Crippen molar-refractivity contribution in [1.29, 1.82) is 0 Å². The zero-order chi connectivity index (χ0) is 38.8. The maximum atomic E-state index is 14.1. The van der Waals surface area contributed by atoms with Gasteiger partial charge in [0.25, 0.3) is 5.91 Å². The molecule has 1 aliphatic rings. The fourth-order valence-corrected chi connectivity index (χ4v) is 5.64. The molecule has 0 aromatic heterocycles. The largest absolute Gasteiger partial charge is 0.446 e. The van der Waals surface area contributed by atoms with Crippen LogP contribution in [0.3, 0.4) is 0 Å². The Labute approximate surface area is 302 Å². The van der Waals surface area contributed by atoms with Gasteiger partial charge in [-0.15, -0.1) is 0 Å². The van der Waals surface area contributed by atoms with E-state index in [0.29, 0.717) is 12.0 Å². The van der Waals surface area contributed by atoms with E-state index < -0.39 is 77.0 Å². The van der Waals surface area contributed by atoms with Gasteiger partial charge in [-0.1, -0.05) is 92.1 Å². The number of amides is 6. The number of ether oxygens (including phenoxy) is 1. The number of carbonyl (C=O) groups excluding carboxylic acids is 7. The van der Waals surface area contributed by atoms with Gasteiger partial charge in [0.2, 0.25) is 29.4 Å². The molecule has 1 saturated heterocycles. The van der Waals surface area contributed by atoms with Crippen molar-refractivity contribution in [3.8, 4) is 0 Å². The second kappa shape index (κ2) is 18.1. The molecule has 51 heavy (non-hydrogen) atoms. The van der Waals surface area contributed by atoms with Gasteiger partial charge in [0.15, 0.2) is 0 Å². The standard InChI is InChI=1S/C37H58N6O8/c1-12-16-25(29(45)32(47)38-20-27(44)40-28(33(48)42(10)11)24-17-14-13-15-18-24)39-31(46)26-19-37(8,9)21-43(26)34(49)30(36(5,6)7)41-35(50)51-23(4)22(2)3/h13-15,17-18,22-23,25-26,28,30H,12,16,19-21H2,1-11H3,(H,38,47)(H,39,46)(H,40,44)(H,41,50)/t23-,25?,26-,28-,30+/m0/s1. The second-order valence-electron chi connectivity index (χ2n) is 15.7. The predicted molar refractivity (Wildman–Crippen MR) is 192 cm³/mol. The van der Waals surface area contributed by atoms with E-state index >= 15 is 0 Å². The van der Waals surface area contributed by atoms with Crippen LogP contribution in [0.2, 0.25) is 0 Å². The summed E-state index contributed by atoms with van der Waals surface area (Å²) in [4.78, 5) is 95.3. The third-order valence-corrected chi connectivity index (χ3v) is 8.88. The molecular weight excluding hydrogens is 656 g/mol. The van der Waals surface area contributed by atoms with E-state index in [2.05, 4.69) is 21.3 Å². The molecule has 1 unspecified atom stereocenters. The van der Waals surface area contributed by atoms with Crippen molar-refractivity contribution >= 4 is 41.4 Å². The molecule has 14 heteroatoms. The number of rotatable bonds is 15. The van der Waals surface area contributed by atoms with Crippen LogP contribution in [0.1, 0.15) is 93.2 Å². The molecule has 1 fully saturated rings. The maximum absolute atomic E-state index is 14.1. The number of nitrogens with zero attached hydrogens (tertiary/aromatic N) is 2. The molecule has 14 nitrogen and oxygen atoms in total. The van der Waals surface area contributed by atoms with Gasteiger partial charge in [-0.3, -0.25) is 28.8 Å². The molecule has 2 rings (SSSR count). The summed E-state index contributed by atoms with van der Waals surface area (Å²) in [5, 5.41) is 10.3. The number of likely N-dealkylation sites (N-methyl/N-ethyl adjacent to an activating group) is 1. The Balaban J connectivity index is 2.18. The van der Waals surface area contributed by atoms with E-state index in [9.17, 15) is 33.6 Å². The lowest BCUT2D eigenvalue weighted by molar-refractivity contribution is -0.144. The van der Waals surface area contributed by atoms with Crippen molar-refractivity contribution in [2.24, 2.45) is 16.7 Å². The summed E-state index contributed by atoms with van der Waals surface area (Å²) in [7, 11) is 3.11. The maximum Gasteiger partial charge on any atom is 0.408 e. The van der Waals surface area contributed by atoms with E-state index in [4.69, 9.17) is 4.74 Å². The molecule has 1 aliphatic heterocycles. The second-order valence-corrected chi connectivity index (χ2v) is 15.7. The highest BCUT2D eigenvalue weighted by atomic mass is 16.6. The average Bonchev–Trinajstić information content (AvgIpc) is 3.38. The van der Waals surface area contributed by atoms with Crippen LogP contribution < -0.4 is 21.3 Å². The summed E-state index contributed by atoms with van der Waals surface area (Å²) in [5.74, 6) is -4.11. The van der Waals surface area contributed by atoms with Gasteiger partial charge >= 0.3 is 6.09 Å². The lowest BCUT2D eigenvalue weighted by Crippen LogP contribution is -2.59. The van der Waals surface area contributed by atoms with Crippen molar-refractivity contribution < 1.29 is 38.3 Å². The molecule has 0 bridgehead atoms. The van der Waals surface area contributed by atoms with Crippen LogP contribution in [0.25, 0.3) is 0 Å². The van der Waals surface area contributed by atoms with Gasteiger partial charge in [-0.05, 0) is 42.1 Å². The molecule has 284 valence electrons. The molecule has 1 aromatic carbocycles. The van der Waals surface area contributed by atoms with Crippen LogP contribution in [0.15, 0.2) is 30.3 Å². The van der Waals surface area contributed by atoms with Crippen LogP contribution >= 0.6 is 0 Å². The Kier molecular flexibility index (Phi) is 15.2. The molecule has 1 aromatic rings. The Hall–Kier alpha value is -4.49. The van der Waals surface area contributed by atoms with Crippen molar-refractivity contribution in [3.63, 3.8) is 0 Å². The number of ketones is 1. The molecule has 0 radical (unpaired) electrons. The summed E-state index contributed by atoms with van der Waals surface area (Å²) in [5.41, 5.74) is -0.657. The topological polar surface area (TPSA) is 183 Å². The van der Waals surface area contributed by atoms with Gasteiger partial charge < -0.3 is 35.8 Å². The van der Waals surface area contributed by atoms with Gasteiger partial charge in [0.1, 0.15) is 24.2 Å². The molecule has 0 saturated carbocycles. The molecular formula is C37H58N6O8. The number of carbonyl (C=O) groups is 7. The van der Waals surface area contributed by atoms with Gasteiger partial charge in [0.05, 0.1) is 12.6 Å². The fourth-order valence-electron chi connectivity index (χ4n) is 5.64. The highest BCUT2D eigenvalue weighted by molar-refractivity contribution is 6.38. The number of alkyl carbamates (subject to hydrolysis) is 1. The Morgan fingerprint density at radius 3 is 2.10 bits per heavy atom. The van der Waals surface area contributed by atoms with Gasteiger partial charge in [-0.2, -0.15) is 0 Å². The van der Waals surface area contributed by atoms with E-state index in [-0.39, 0.29) is 37.3 Å². The summed E-state index contributed by atoms with van der Waals surface area (Å²) in [6, 6.07) is 4.39. The first-order valence-corrected chi connectivity index (χ1v) is 17.5. The first-order valence-electron chi connectivity index (χ1n) is 17.5. The molecule has 0 spiro atoms. The Morgan fingerprint density at radius 1 is 0.961 bits per heavy atom. The minimum absolute atomic E-state index is 0.0655. The monoisotopic (exact) mass is 714 g/mol. The van der Waals surface area contributed by atoms with Crippen LogP contribution in [0.5, 0.6) is 0 Å². The van der Waals surface area contributed by atoms with Crippen molar-refractivity contribution in [3.05, 3.63) is 35.9 Å². The zero-order valence-corrected chi connectivity index (χ0v) is 32.0. The summed E-state index contributed by atoms with van der Waals surface area (Å²) < 4.78 is 5.47. The van der Waals surface area contributed by atoms with Crippen molar-refractivity contribution in [1.82, 2.24) is 31.1 Å². The molecule has 0 aliphatic carbocycles. The number of likely N-dealkylation sites (tertiary alicyclic amines) is 1. The Bertz CT molecular complexity index is 1420. The van der Waals surface area contributed by atoms with Crippen molar-refractivity contribution in [2.75, 3.05) is 27.2 Å². The number of nitrogens with one attached hydrogen (secondary N) is 4. The predicted octanol–water partition coefficient (Wildman–Crippen LogP) is 2.71. The number of benzene rings is 1. The van der Waals surface area contributed by atoms with E-state index in [1.807, 2.05) is 27.7 Å². The third kappa shape index (κ3) is 12.4. The third-order valence-electron chi connectivity index (χ3n) is 8.88. The van der Waals surface area contributed by atoms with Gasteiger partial charge in [-0.25, -0.2) is 4.79 Å². The smallest absolute Gasteiger partial charge is 0.408 e. The summed E-state index contributed by atoms with van der Waals surface area (Å²) in [6.07, 6.45) is -0.264. The fraction of sp³-hybridized carbons (Fsp3) is 0.649. The normalized spacial score (nSPS) is 17.7. The highest BCUT2D eigenvalue weighted by Gasteiger charge is 2.48. The first kappa shape index (κ1) is 42.7. The molecule has 4 N–H and O–H groups in total. The van der Waals surface area contributed by atoms with Crippen molar-refractivity contribution in [2.45, 2.75) is 112 Å². The molecule has 5 atom stereocenters. The van der Waals surface area contributed by atoms with Crippen LogP contribution in [0, 0.1) is 16.7 Å². The molecule has 1 heterocycles. The number of Topliss-reactive ketones (excluding diaryl/α,β-unsaturated/α-hetero) is 1. The van der Waals surface area contributed by atoms with E-state index in [1.54, 1.807) is 79.0 Å². The number of hydrogen-bond donors (Lipinski definition) is 4. The quantitative estimate of drug-likeness (QED) is 0.200. The Morgan fingerprint density at radius 2 is 1.57 bits per heavy atom. The minimum atomic E-state index is -1.22. The first-order chi connectivity index (χ1) is 23.6. The van der Waals surface area contributed by atoms with Crippen LogP contribution in [0.4, 0.5) is 4.79 Å². The number of hydrogen-bond acceptors (Lipinski definition) is 8. The molecule has 6 amide bonds. The summed E-state index contributed by atoms with van der Waals surface area (Å²) >= 11 is 0. The van der Waals surface area contributed by atoms with Crippen LogP contribution in [-0.4, -0.2) is 103 Å². The lowest BCUT2D eigenvalue weighted by Gasteiger charge is -2.36. The van der Waals surface area contributed by atoms with Crippen LogP contribution in [-0.2, 0) is 33.5 Å². The zero-order valence-electron chi connectivity index (χ0n) is 32.0. The van der Waals surface area contributed by atoms with Gasteiger partial charge in [0, 0.05) is 20.6 Å². The minimum Gasteiger partial charge on any atom is -0.446 e. The average molecular weight is 715 g/mol. The summed E-state index contributed by atoms with van der Waals surface area (Å²) in [6.45, 7) is 16.2. The highest BCUT2D eigenvalue weighted by Crippen LogP contribution is 2.36.